The molecule has 0 radical (unpaired) electrons. The molecular weight excluding hydrogens is 326 g/mol. The second kappa shape index (κ2) is 5.98. The lowest BCUT2D eigenvalue weighted by atomic mass is 10.1. The van der Waals surface area contributed by atoms with E-state index >= 15 is 0 Å². The molecule has 0 aliphatic carbocycles. The summed E-state index contributed by atoms with van der Waals surface area (Å²) in [5.74, 6) is -0.350. The number of hydrazone groups is 1. The first-order valence-corrected chi connectivity index (χ1v) is 8.07. The molecule has 25 heavy (non-hydrogen) atoms. The Balaban J connectivity index is 1.92. The first-order valence-electron chi connectivity index (χ1n) is 8.07. The van der Waals surface area contributed by atoms with Gasteiger partial charge >= 0.3 is 6.09 Å². The van der Waals surface area contributed by atoms with Crippen LogP contribution in [0.1, 0.15) is 42.5 Å². The zero-order valence-corrected chi connectivity index (χ0v) is 14.8. The number of ether oxygens (including phenoxy) is 1. The van der Waals surface area contributed by atoms with E-state index in [0.717, 1.165) is 10.7 Å². The molecule has 0 spiro atoms. The van der Waals surface area contributed by atoms with Gasteiger partial charge in [-0.15, -0.1) is 0 Å². The Labute approximate surface area is 145 Å². The molecule has 134 valence electrons. The second-order valence-corrected chi connectivity index (χ2v) is 7.12. The third-order valence-corrected chi connectivity index (χ3v) is 3.98. The summed E-state index contributed by atoms with van der Waals surface area (Å²) >= 11 is 0. The van der Waals surface area contributed by atoms with Crippen molar-refractivity contribution in [2.24, 2.45) is 5.10 Å². The normalized spacial score (nSPS) is 17.4. The van der Waals surface area contributed by atoms with Gasteiger partial charge in [-0.3, -0.25) is 14.3 Å². The largest absolute Gasteiger partial charge is 0.444 e. The van der Waals surface area contributed by atoms with Crippen molar-refractivity contribution < 1.29 is 19.1 Å². The van der Waals surface area contributed by atoms with Gasteiger partial charge in [0.05, 0.1) is 18.8 Å². The molecule has 0 fully saturated rings. The zero-order valence-electron chi connectivity index (χ0n) is 14.8. The number of hydrogen-bond acceptors (Lipinski definition) is 6. The van der Waals surface area contributed by atoms with E-state index in [1.807, 2.05) is 20.8 Å². The first kappa shape index (κ1) is 17.1. The molecule has 2 aliphatic heterocycles. The fraction of sp³-hybridized carbons (Fsp3) is 0.562. The highest BCUT2D eigenvalue weighted by atomic mass is 16.6. The fourth-order valence-corrected chi connectivity index (χ4v) is 2.90. The number of rotatable bonds is 1. The summed E-state index contributed by atoms with van der Waals surface area (Å²) < 4.78 is 6.92. The molecule has 0 aromatic carbocycles. The average molecular weight is 347 g/mol. The summed E-state index contributed by atoms with van der Waals surface area (Å²) in [6.45, 7) is 6.27. The average Bonchev–Trinajstić information content (AvgIpc) is 2.82. The molecule has 0 N–H and O–H groups in total. The van der Waals surface area contributed by atoms with E-state index in [1.165, 1.54) is 11.7 Å². The zero-order chi connectivity index (χ0) is 18.4. The summed E-state index contributed by atoms with van der Waals surface area (Å²) in [7, 11) is 1.50. The number of carbonyl (C=O) groups is 3. The van der Waals surface area contributed by atoms with E-state index in [1.54, 1.807) is 4.90 Å². The Hall–Kier alpha value is -2.71. The Morgan fingerprint density at radius 1 is 1.28 bits per heavy atom. The molecule has 3 rings (SSSR count). The lowest BCUT2D eigenvalue weighted by Gasteiger charge is -2.30. The maximum Gasteiger partial charge on any atom is 0.410 e. The van der Waals surface area contributed by atoms with E-state index in [4.69, 9.17) is 4.74 Å². The summed E-state index contributed by atoms with van der Waals surface area (Å²) in [4.78, 5) is 37.7. The van der Waals surface area contributed by atoms with Gasteiger partial charge < -0.3 is 9.64 Å². The van der Waals surface area contributed by atoms with Crippen LogP contribution in [-0.2, 0) is 29.0 Å². The molecule has 3 heterocycles. The predicted molar refractivity (Wildman–Crippen MR) is 88.2 cm³/mol. The number of nitrogens with zero attached hydrogens (tertiary/aromatic N) is 5. The highest BCUT2D eigenvalue weighted by Gasteiger charge is 2.34. The molecule has 1 aromatic rings. The number of fused-ring (bicyclic) bond motifs is 3. The summed E-state index contributed by atoms with van der Waals surface area (Å²) in [5, 5.41) is 9.57. The van der Waals surface area contributed by atoms with Crippen LogP contribution in [0.15, 0.2) is 5.10 Å². The summed E-state index contributed by atoms with van der Waals surface area (Å²) in [6, 6.07) is 0. The lowest BCUT2D eigenvalue weighted by Crippen LogP contribution is -2.40. The quantitative estimate of drug-likeness (QED) is 0.701. The van der Waals surface area contributed by atoms with E-state index in [2.05, 4.69) is 10.2 Å². The van der Waals surface area contributed by atoms with Crippen LogP contribution in [0.25, 0.3) is 0 Å². The minimum absolute atomic E-state index is 0.133. The smallest absolute Gasteiger partial charge is 0.410 e. The molecule has 2 aliphatic rings. The van der Waals surface area contributed by atoms with Gasteiger partial charge in [0.25, 0.3) is 5.91 Å². The minimum Gasteiger partial charge on any atom is -0.444 e. The van der Waals surface area contributed by atoms with E-state index < -0.39 is 11.7 Å². The molecule has 0 saturated heterocycles. The van der Waals surface area contributed by atoms with Gasteiger partial charge in [-0.05, 0) is 20.8 Å². The van der Waals surface area contributed by atoms with Crippen LogP contribution < -0.4 is 0 Å². The molecule has 0 saturated carbocycles. The Kier molecular flexibility index (Phi) is 4.09. The van der Waals surface area contributed by atoms with Crippen molar-refractivity contribution in [3.63, 3.8) is 0 Å². The van der Waals surface area contributed by atoms with Crippen LogP contribution >= 0.6 is 0 Å². The number of hydrogen-bond donors (Lipinski definition) is 0. The standard InChI is InChI=1S/C16H21N5O4/c1-16(2,3)25-15(24)20-6-5-12-11(8-20)13-14(23)19(4)17-10(9-22)7-21(13)18-12/h9H,5-8H2,1-4H3. The van der Waals surface area contributed by atoms with Crippen molar-refractivity contribution in [2.45, 2.75) is 45.9 Å². The van der Waals surface area contributed by atoms with Gasteiger partial charge in [-0.1, -0.05) is 0 Å². The Morgan fingerprint density at radius 2 is 2.00 bits per heavy atom. The monoisotopic (exact) mass is 347 g/mol. The van der Waals surface area contributed by atoms with Gasteiger partial charge in [0.15, 0.2) is 6.29 Å². The molecule has 9 nitrogen and oxygen atoms in total. The van der Waals surface area contributed by atoms with Gasteiger partial charge in [0.2, 0.25) is 0 Å². The van der Waals surface area contributed by atoms with E-state index in [0.29, 0.717) is 30.5 Å². The van der Waals surface area contributed by atoms with Crippen molar-refractivity contribution in [3.05, 3.63) is 17.0 Å². The first-order chi connectivity index (χ1) is 11.7. The maximum absolute atomic E-state index is 12.6. The SMILES string of the molecule is CN1N=C(C=O)Cn2nc3c(c2C1=O)CN(C(=O)OC(C)(C)C)CC3. The molecule has 0 bridgehead atoms. The number of carbonyl (C=O) groups excluding carboxylic acids is 3. The molecule has 0 atom stereocenters. The van der Waals surface area contributed by atoms with Crippen LogP contribution in [0.5, 0.6) is 0 Å². The lowest BCUT2D eigenvalue weighted by molar-refractivity contribution is -0.102. The van der Waals surface area contributed by atoms with Crippen LogP contribution in [0.3, 0.4) is 0 Å². The van der Waals surface area contributed by atoms with Crippen LogP contribution in [0.4, 0.5) is 4.79 Å². The van der Waals surface area contributed by atoms with Crippen molar-refractivity contribution in [1.29, 1.82) is 0 Å². The minimum atomic E-state index is -0.587. The summed E-state index contributed by atoms with van der Waals surface area (Å²) in [5.41, 5.74) is 1.46. The molecule has 9 heteroatoms. The summed E-state index contributed by atoms with van der Waals surface area (Å²) in [6.07, 6.45) is 0.725. The third-order valence-electron chi connectivity index (χ3n) is 3.98. The van der Waals surface area contributed by atoms with Crippen LogP contribution in [0.2, 0.25) is 0 Å². The highest BCUT2D eigenvalue weighted by Crippen LogP contribution is 2.26. The highest BCUT2D eigenvalue weighted by molar-refractivity contribution is 6.28. The van der Waals surface area contributed by atoms with Gasteiger partial charge in [-0.25, -0.2) is 9.80 Å². The number of amides is 2. The van der Waals surface area contributed by atoms with Gasteiger partial charge in [-0.2, -0.15) is 10.2 Å². The second-order valence-electron chi connectivity index (χ2n) is 7.12. The van der Waals surface area contributed by atoms with Crippen molar-refractivity contribution >= 4 is 24.0 Å². The molecule has 1 aromatic heterocycles. The van der Waals surface area contributed by atoms with Gasteiger partial charge in [0.1, 0.15) is 17.0 Å². The topological polar surface area (TPSA) is 97.1 Å². The number of aromatic nitrogens is 2. The molecule has 2 amide bonds. The van der Waals surface area contributed by atoms with E-state index in [9.17, 15) is 14.4 Å². The molecular formula is C16H21N5O4. The maximum atomic E-state index is 12.6. The van der Waals surface area contributed by atoms with E-state index in [-0.39, 0.29) is 24.7 Å². The van der Waals surface area contributed by atoms with Crippen molar-refractivity contribution in [3.8, 4) is 0 Å². The van der Waals surface area contributed by atoms with Crippen LogP contribution in [-0.4, -0.2) is 62.9 Å². The predicted octanol–water partition coefficient (Wildman–Crippen LogP) is 0.817. The Morgan fingerprint density at radius 3 is 2.64 bits per heavy atom. The third kappa shape index (κ3) is 3.26. The van der Waals surface area contributed by atoms with Gasteiger partial charge in [0, 0.05) is 25.6 Å². The van der Waals surface area contributed by atoms with Crippen LogP contribution in [0, 0.1) is 0 Å². The number of aldehydes is 1. The van der Waals surface area contributed by atoms with Crippen molar-refractivity contribution in [1.82, 2.24) is 19.7 Å². The fourth-order valence-electron chi connectivity index (χ4n) is 2.90. The molecule has 0 unspecified atom stereocenters. The van der Waals surface area contributed by atoms with Crippen molar-refractivity contribution in [2.75, 3.05) is 13.6 Å². The Bertz CT molecular complexity index is 774.